The number of anilines is 1. The summed E-state index contributed by atoms with van der Waals surface area (Å²) in [6.45, 7) is 6.44. The van der Waals surface area contributed by atoms with Gasteiger partial charge < -0.3 is 15.5 Å². The Morgan fingerprint density at radius 3 is 3.04 bits per heavy atom. The van der Waals surface area contributed by atoms with Gasteiger partial charge in [-0.3, -0.25) is 9.48 Å². The van der Waals surface area contributed by atoms with Gasteiger partial charge in [0.25, 0.3) is 5.91 Å². The third kappa shape index (κ3) is 3.51. The second-order valence-electron chi connectivity index (χ2n) is 6.84. The molecule has 2 aromatic rings. The molecule has 4 rings (SSSR count). The fourth-order valence-electron chi connectivity index (χ4n) is 3.56. The van der Waals surface area contributed by atoms with Gasteiger partial charge in [0.2, 0.25) is 0 Å². The van der Waals surface area contributed by atoms with Crippen LogP contribution in [0, 0.1) is 6.92 Å². The quantitative estimate of drug-likeness (QED) is 0.875. The van der Waals surface area contributed by atoms with Gasteiger partial charge in [0.1, 0.15) is 5.82 Å². The summed E-state index contributed by atoms with van der Waals surface area (Å²) in [6, 6.07) is 6.14. The third-order valence-corrected chi connectivity index (χ3v) is 4.89. The zero-order valence-electron chi connectivity index (χ0n) is 14.5. The first-order chi connectivity index (χ1) is 12.2. The molecule has 2 aliphatic rings. The van der Waals surface area contributed by atoms with E-state index in [1.54, 1.807) is 6.20 Å². The summed E-state index contributed by atoms with van der Waals surface area (Å²) in [5, 5.41) is 10.9. The Morgan fingerprint density at radius 2 is 2.28 bits per heavy atom. The third-order valence-electron chi connectivity index (χ3n) is 4.89. The summed E-state index contributed by atoms with van der Waals surface area (Å²) in [5.41, 5.74) is 2.87. The molecular weight excluding hydrogens is 316 g/mol. The molecule has 0 aromatic carbocycles. The van der Waals surface area contributed by atoms with Crippen molar-refractivity contribution in [2.24, 2.45) is 0 Å². The molecule has 1 atom stereocenters. The second-order valence-corrected chi connectivity index (χ2v) is 6.84. The lowest BCUT2D eigenvalue weighted by atomic mass is 10.1. The van der Waals surface area contributed by atoms with Crippen molar-refractivity contribution in [3.05, 3.63) is 41.3 Å². The number of hydrogen-bond donors (Lipinski definition) is 2. The Kier molecular flexibility index (Phi) is 4.40. The zero-order chi connectivity index (χ0) is 17.2. The van der Waals surface area contributed by atoms with Crippen molar-refractivity contribution in [3.8, 4) is 0 Å². The summed E-state index contributed by atoms with van der Waals surface area (Å²) in [4.78, 5) is 19.1. The first-order valence-electron chi connectivity index (χ1n) is 8.95. The van der Waals surface area contributed by atoms with Gasteiger partial charge >= 0.3 is 0 Å². The van der Waals surface area contributed by atoms with Crippen LogP contribution in [0.15, 0.2) is 24.4 Å². The van der Waals surface area contributed by atoms with Crippen molar-refractivity contribution in [2.45, 2.75) is 38.9 Å². The van der Waals surface area contributed by atoms with Gasteiger partial charge in [0.15, 0.2) is 0 Å². The number of aromatic nitrogens is 3. The van der Waals surface area contributed by atoms with Crippen LogP contribution < -0.4 is 15.5 Å². The highest BCUT2D eigenvalue weighted by Crippen LogP contribution is 2.19. The topological polar surface area (TPSA) is 75.1 Å². The molecule has 132 valence electrons. The van der Waals surface area contributed by atoms with Crippen molar-refractivity contribution < 1.29 is 4.79 Å². The lowest BCUT2D eigenvalue weighted by Crippen LogP contribution is -2.45. The van der Waals surface area contributed by atoms with Gasteiger partial charge in [-0.1, -0.05) is 0 Å². The maximum Gasteiger partial charge on any atom is 0.253 e. The molecule has 2 aromatic heterocycles. The summed E-state index contributed by atoms with van der Waals surface area (Å²) in [6.07, 6.45) is 3.82. The van der Waals surface area contributed by atoms with Crippen molar-refractivity contribution in [1.29, 1.82) is 0 Å². The van der Waals surface area contributed by atoms with Crippen LogP contribution in [-0.4, -0.2) is 46.3 Å². The van der Waals surface area contributed by atoms with Gasteiger partial charge in [0.05, 0.1) is 30.0 Å². The minimum absolute atomic E-state index is 0.0416. The highest BCUT2D eigenvalue weighted by Gasteiger charge is 2.20. The van der Waals surface area contributed by atoms with Crippen molar-refractivity contribution in [3.63, 3.8) is 0 Å². The molecule has 4 heterocycles. The normalized spacial score (nSPS) is 20.2. The SMILES string of the molecule is Cc1cc2n(n1)CCN(c1ccc(C(=O)NC3CCCNC3)cn1)C2. The molecule has 0 spiro atoms. The van der Waals surface area contributed by atoms with E-state index >= 15 is 0 Å². The smallest absolute Gasteiger partial charge is 0.253 e. The number of carbonyl (C=O) groups excluding carboxylic acids is 1. The number of piperidine rings is 1. The zero-order valence-corrected chi connectivity index (χ0v) is 14.5. The van der Waals surface area contributed by atoms with Crippen molar-refractivity contribution >= 4 is 11.7 Å². The van der Waals surface area contributed by atoms with Gasteiger partial charge in [-0.15, -0.1) is 0 Å². The number of amides is 1. The number of rotatable bonds is 3. The van der Waals surface area contributed by atoms with E-state index in [2.05, 4.69) is 36.4 Å². The molecule has 1 saturated heterocycles. The van der Waals surface area contributed by atoms with Gasteiger partial charge in [0, 0.05) is 25.3 Å². The average Bonchev–Trinajstić information content (AvgIpc) is 3.02. The standard InChI is InChI=1S/C18H24N6O/c1-13-9-16-12-23(7-8-24(16)22-13)17-5-4-14(10-20-17)18(25)21-15-3-2-6-19-11-15/h4-5,9-10,15,19H,2-3,6-8,11-12H2,1H3,(H,21,25). The van der Waals surface area contributed by atoms with Crippen LogP contribution in [-0.2, 0) is 13.1 Å². The number of fused-ring (bicyclic) bond motifs is 1. The van der Waals surface area contributed by atoms with E-state index in [-0.39, 0.29) is 11.9 Å². The van der Waals surface area contributed by atoms with Crippen LogP contribution in [0.1, 0.15) is 34.6 Å². The van der Waals surface area contributed by atoms with Gasteiger partial charge in [-0.25, -0.2) is 4.98 Å². The first kappa shape index (κ1) is 16.1. The van der Waals surface area contributed by atoms with E-state index in [1.807, 2.05) is 19.1 Å². The maximum absolute atomic E-state index is 12.4. The Balaban J connectivity index is 1.41. The number of pyridine rings is 1. The maximum atomic E-state index is 12.4. The van der Waals surface area contributed by atoms with E-state index in [0.29, 0.717) is 5.56 Å². The molecular formula is C18H24N6O. The minimum Gasteiger partial charge on any atom is -0.349 e. The molecule has 0 saturated carbocycles. The van der Waals surface area contributed by atoms with Gasteiger partial charge in [-0.2, -0.15) is 5.10 Å². The van der Waals surface area contributed by atoms with Crippen LogP contribution in [0.4, 0.5) is 5.82 Å². The van der Waals surface area contributed by atoms with E-state index in [1.165, 1.54) is 5.69 Å². The second kappa shape index (κ2) is 6.84. The number of carbonyl (C=O) groups is 1. The number of nitrogens with zero attached hydrogens (tertiary/aromatic N) is 4. The molecule has 0 bridgehead atoms. The number of nitrogens with one attached hydrogen (secondary N) is 2. The molecule has 1 amide bonds. The predicted molar refractivity (Wildman–Crippen MR) is 95.6 cm³/mol. The van der Waals surface area contributed by atoms with Crippen LogP contribution in [0.5, 0.6) is 0 Å². The Morgan fingerprint density at radius 1 is 1.36 bits per heavy atom. The molecule has 25 heavy (non-hydrogen) atoms. The highest BCUT2D eigenvalue weighted by molar-refractivity contribution is 5.94. The molecule has 2 N–H and O–H groups in total. The van der Waals surface area contributed by atoms with Crippen molar-refractivity contribution in [2.75, 3.05) is 24.5 Å². The summed E-state index contributed by atoms with van der Waals surface area (Å²) in [5.74, 6) is 0.862. The lowest BCUT2D eigenvalue weighted by Gasteiger charge is -2.28. The number of aryl methyl sites for hydroxylation is 1. The van der Waals surface area contributed by atoms with Crippen molar-refractivity contribution in [1.82, 2.24) is 25.4 Å². The fourth-order valence-corrected chi connectivity index (χ4v) is 3.56. The molecule has 1 unspecified atom stereocenters. The monoisotopic (exact) mass is 340 g/mol. The fraction of sp³-hybridized carbons (Fsp3) is 0.500. The largest absolute Gasteiger partial charge is 0.349 e. The highest BCUT2D eigenvalue weighted by atomic mass is 16.1. The first-order valence-corrected chi connectivity index (χ1v) is 8.95. The molecule has 7 nitrogen and oxygen atoms in total. The average molecular weight is 340 g/mol. The minimum atomic E-state index is -0.0416. The van der Waals surface area contributed by atoms with E-state index < -0.39 is 0 Å². The van der Waals surface area contributed by atoms with E-state index in [4.69, 9.17) is 0 Å². The molecule has 0 aliphatic carbocycles. The molecule has 1 fully saturated rings. The molecule has 2 aliphatic heterocycles. The summed E-state index contributed by atoms with van der Waals surface area (Å²) < 4.78 is 2.06. The summed E-state index contributed by atoms with van der Waals surface area (Å²) >= 11 is 0. The molecule has 0 radical (unpaired) electrons. The molecule has 7 heteroatoms. The van der Waals surface area contributed by atoms with Crippen LogP contribution in [0.3, 0.4) is 0 Å². The van der Waals surface area contributed by atoms with Gasteiger partial charge in [-0.05, 0) is 44.5 Å². The predicted octanol–water partition coefficient (Wildman–Crippen LogP) is 1.09. The van der Waals surface area contributed by atoms with Crippen LogP contribution in [0.25, 0.3) is 0 Å². The number of hydrogen-bond acceptors (Lipinski definition) is 5. The Labute approximate surface area is 147 Å². The Bertz CT molecular complexity index is 747. The van der Waals surface area contributed by atoms with Crippen LogP contribution >= 0.6 is 0 Å². The van der Waals surface area contributed by atoms with Crippen LogP contribution in [0.2, 0.25) is 0 Å². The van der Waals surface area contributed by atoms with E-state index in [0.717, 1.165) is 57.1 Å². The lowest BCUT2D eigenvalue weighted by molar-refractivity contribution is 0.0930. The Hall–Kier alpha value is -2.41. The van der Waals surface area contributed by atoms with E-state index in [9.17, 15) is 4.79 Å². The summed E-state index contributed by atoms with van der Waals surface area (Å²) in [7, 11) is 0.